The quantitative estimate of drug-likeness (QED) is 0.573. The van der Waals surface area contributed by atoms with Crippen LogP contribution >= 0.6 is 0 Å². The standard InChI is InChI=1S/C19H28O/c1-18-11-4-3-5-13(18)6-7-14-15-8-9-17(20)19(15,2)12-10-16(14)18/h8,13-14,16H,3-7,9-12H2,1-2H3/t13-,14+,16+,18+,19+/m1/s1. The summed E-state index contributed by atoms with van der Waals surface area (Å²) in [6, 6.07) is 0. The van der Waals surface area contributed by atoms with E-state index in [0.717, 1.165) is 30.6 Å². The Hall–Kier alpha value is -0.590. The first kappa shape index (κ1) is 13.1. The molecule has 0 aromatic rings. The average Bonchev–Trinajstić information content (AvgIpc) is 2.74. The van der Waals surface area contributed by atoms with Gasteiger partial charge in [-0.15, -0.1) is 0 Å². The zero-order valence-electron chi connectivity index (χ0n) is 13.1. The Morgan fingerprint density at radius 1 is 1.05 bits per heavy atom. The molecule has 0 heterocycles. The highest BCUT2D eigenvalue weighted by molar-refractivity contribution is 5.92. The first-order valence-corrected chi connectivity index (χ1v) is 8.79. The third kappa shape index (κ3) is 1.53. The fraction of sp³-hybridized carbons (Fsp3) is 0.842. The van der Waals surface area contributed by atoms with Crippen LogP contribution in [-0.2, 0) is 4.79 Å². The SMILES string of the molecule is C[C@]12CC[C@H]3[C@@H](CC[C@H]4CCCC[C@@]43C)C1=CCC2=O. The van der Waals surface area contributed by atoms with Crippen LogP contribution in [0.15, 0.2) is 11.6 Å². The van der Waals surface area contributed by atoms with E-state index in [4.69, 9.17) is 0 Å². The molecule has 0 bridgehead atoms. The molecule has 20 heavy (non-hydrogen) atoms. The molecular weight excluding hydrogens is 244 g/mol. The van der Waals surface area contributed by atoms with Gasteiger partial charge in [-0.1, -0.05) is 31.4 Å². The van der Waals surface area contributed by atoms with E-state index < -0.39 is 0 Å². The van der Waals surface area contributed by atoms with Gasteiger partial charge in [0.15, 0.2) is 0 Å². The van der Waals surface area contributed by atoms with Gasteiger partial charge >= 0.3 is 0 Å². The molecule has 4 aliphatic carbocycles. The lowest BCUT2D eigenvalue weighted by Gasteiger charge is -2.58. The van der Waals surface area contributed by atoms with E-state index >= 15 is 0 Å². The zero-order valence-corrected chi connectivity index (χ0v) is 13.1. The highest BCUT2D eigenvalue weighted by Crippen LogP contribution is 2.64. The van der Waals surface area contributed by atoms with Crippen molar-refractivity contribution in [3.8, 4) is 0 Å². The van der Waals surface area contributed by atoms with Crippen molar-refractivity contribution in [2.75, 3.05) is 0 Å². The molecule has 1 nitrogen and oxygen atoms in total. The second-order valence-electron chi connectivity index (χ2n) is 8.40. The van der Waals surface area contributed by atoms with Gasteiger partial charge in [-0.3, -0.25) is 4.79 Å². The Morgan fingerprint density at radius 2 is 1.90 bits per heavy atom. The number of hydrogen-bond acceptors (Lipinski definition) is 1. The number of ketones is 1. The molecule has 3 fully saturated rings. The lowest BCUT2D eigenvalue weighted by atomic mass is 9.46. The van der Waals surface area contributed by atoms with Crippen molar-refractivity contribution in [3.63, 3.8) is 0 Å². The van der Waals surface area contributed by atoms with Gasteiger partial charge in [0.25, 0.3) is 0 Å². The van der Waals surface area contributed by atoms with Gasteiger partial charge in [-0.05, 0) is 68.6 Å². The highest BCUT2D eigenvalue weighted by atomic mass is 16.1. The summed E-state index contributed by atoms with van der Waals surface area (Å²) < 4.78 is 0. The molecule has 110 valence electrons. The molecule has 0 N–H and O–H groups in total. The van der Waals surface area contributed by atoms with Gasteiger partial charge in [-0.2, -0.15) is 0 Å². The predicted octanol–water partition coefficient (Wildman–Crippen LogP) is 4.91. The number of allylic oxidation sites excluding steroid dienone is 2. The number of fused-ring (bicyclic) bond motifs is 5. The molecule has 0 unspecified atom stereocenters. The molecule has 1 heteroatoms. The molecule has 0 radical (unpaired) electrons. The molecule has 0 spiro atoms. The molecule has 3 saturated carbocycles. The summed E-state index contributed by atoms with van der Waals surface area (Å²) in [5.74, 6) is 3.08. The maximum atomic E-state index is 12.3. The first-order chi connectivity index (χ1) is 9.56. The van der Waals surface area contributed by atoms with Crippen LogP contribution in [0.3, 0.4) is 0 Å². The summed E-state index contributed by atoms with van der Waals surface area (Å²) in [7, 11) is 0. The van der Waals surface area contributed by atoms with Gasteiger partial charge < -0.3 is 0 Å². The van der Waals surface area contributed by atoms with Crippen molar-refractivity contribution in [2.45, 2.75) is 71.6 Å². The van der Waals surface area contributed by atoms with Crippen molar-refractivity contribution in [1.29, 1.82) is 0 Å². The van der Waals surface area contributed by atoms with E-state index in [2.05, 4.69) is 19.9 Å². The predicted molar refractivity (Wildman–Crippen MR) is 81.3 cm³/mol. The van der Waals surface area contributed by atoms with Crippen LogP contribution in [0.1, 0.15) is 71.6 Å². The van der Waals surface area contributed by atoms with E-state index in [9.17, 15) is 4.79 Å². The minimum Gasteiger partial charge on any atom is -0.298 e. The average molecular weight is 272 g/mol. The van der Waals surface area contributed by atoms with Crippen molar-refractivity contribution >= 4 is 5.78 Å². The van der Waals surface area contributed by atoms with Crippen LogP contribution in [0.5, 0.6) is 0 Å². The Kier molecular flexibility index (Phi) is 2.76. The molecule has 0 aromatic heterocycles. The minimum atomic E-state index is -0.0704. The fourth-order valence-electron chi connectivity index (χ4n) is 6.44. The molecule has 0 aromatic carbocycles. The number of carbonyl (C=O) groups excluding carboxylic acids is 1. The molecule has 0 saturated heterocycles. The van der Waals surface area contributed by atoms with Crippen molar-refractivity contribution in [1.82, 2.24) is 0 Å². The summed E-state index contributed by atoms with van der Waals surface area (Å²) in [4.78, 5) is 12.3. The van der Waals surface area contributed by atoms with Crippen molar-refractivity contribution < 1.29 is 4.79 Å². The topological polar surface area (TPSA) is 17.1 Å². The summed E-state index contributed by atoms with van der Waals surface area (Å²) >= 11 is 0. The van der Waals surface area contributed by atoms with Crippen LogP contribution in [0.4, 0.5) is 0 Å². The van der Waals surface area contributed by atoms with E-state index in [-0.39, 0.29) is 5.41 Å². The Bertz CT molecular complexity index is 476. The molecular formula is C19H28O. The van der Waals surface area contributed by atoms with E-state index in [0.29, 0.717) is 11.2 Å². The van der Waals surface area contributed by atoms with Crippen LogP contribution in [-0.4, -0.2) is 5.78 Å². The van der Waals surface area contributed by atoms with Gasteiger partial charge in [-0.25, -0.2) is 0 Å². The largest absolute Gasteiger partial charge is 0.298 e. The summed E-state index contributed by atoms with van der Waals surface area (Å²) in [6.45, 7) is 4.83. The van der Waals surface area contributed by atoms with E-state index in [1.165, 1.54) is 44.9 Å². The number of rotatable bonds is 0. The maximum Gasteiger partial charge on any atom is 0.146 e. The highest BCUT2D eigenvalue weighted by Gasteiger charge is 2.56. The summed E-state index contributed by atoms with van der Waals surface area (Å²) in [5.41, 5.74) is 2.07. The lowest BCUT2D eigenvalue weighted by molar-refractivity contribution is -0.127. The van der Waals surface area contributed by atoms with Gasteiger partial charge in [0.2, 0.25) is 0 Å². The summed E-state index contributed by atoms with van der Waals surface area (Å²) in [6.07, 6.45) is 14.0. The normalized spacial score (nSPS) is 51.0. The number of Topliss-reactive ketones (excluding diaryl/α,β-unsaturated/α-hetero) is 1. The van der Waals surface area contributed by atoms with E-state index in [1.807, 2.05) is 0 Å². The first-order valence-electron chi connectivity index (χ1n) is 8.79. The van der Waals surface area contributed by atoms with Gasteiger partial charge in [0, 0.05) is 11.8 Å². The fourth-order valence-corrected chi connectivity index (χ4v) is 6.44. The molecule has 4 aliphatic rings. The van der Waals surface area contributed by atoms with Crippen molar-refractivity contribution in [3.05, 3.63) is 11.6 Å². The molecule has 5 atom stereocenters. The lowest BCUT2D eigenvalue weighted by Crippen LogP contribution is -2.50. The monoisotopic (exact) mass is 272 g/mol. The van der Waals surface area contributed by atoms with Crippen LogP contribution < -0.4 is 0 Å². The van der Waals surface area contributed by atoms with Crippen LogP contribution in [0, 0.1) is 28.6 Å². The number of carbonyl (C=O) groups is 1. The second-order valence-corrected chi connectivity index (χ2v) is 8.40. The smallest absolute Gasteiger partial charge is 0.146 e. The molecule has 0 aliphatic heterocycles. The second kappa shape index (κ2) is 4.21. The zero-order chi connectivity index (χ0) is 14.0. The minimum absolute atomic E-state index is 0.0704. The molecule has 0 amide bonds. The Labute approximate surface area is 123 Å². The maximum absolute atomic E-state index is 12.3. The van der Waals surface area contributed by atoms with Crippen LogP contribution in [0.2, 0.25) is 0 Å². The van der Waals surface area contributed by atoms with Crippen molar-refractivity contribution in [2.24, 2.45) is 28.6 Å². The third-order valence-electron chi connectivity index (χ3n) is 7.72. The third-order valence-corrected chi connectivity index (χ3v) is 7.72. The van der Waals surface area contributed by atoms with E-state index in [1.54, 1.807) is 5.57 Å². The summed E-state index contributed by atoms with van der Waals surface area (Å²) in [5, 5.41) is 0. The van der Waals surface area contributed by atoms with Gasteiger partial charge in [0.1, 0.15) is 5.78 Å². The molecule has 4 rings (SSSR count). The number of hydrogen-bond donors (Lipinski definition) is 0. The Balaban J connectivity index is 1.70. The Morgan fingerprint density at radius 3 is 2.75 bits per heavy atom. The van der Waals surface area contributed by atoms with Gasteiger partial charge in [0.05, 0.1) is 0 Å². The van der Waals surface area contributed by atoms with Crippen LogP contribution in [0.25, 0.3) is 0 Å².